The third-order valence-corrected chi connectivity index (χ3v) is 3.50. The fraction of sp³-hybridized carbons (Fsp3) is 0.769. The van der Waals surface area contributed by atoms with Crippen LogP contribution < -0.4 is 0 Å². The summed E-state index contributed by atoms with van der Waals surface area (Å²) in [5.74, 6) is -1.81. The monoisotopic (exact) mass is 286 g/mol. The number of amides is 2. The summed E-state index contributed by atoms with van der Waals surface area (Å²) in [7, 11) is 0. The average molecular weight is 286 g/mol. The molecule has 0 bridgehead atoms. The van der Waals surface area contributed by atoms with Gasteiger partial charge in [-0.2, -0.15) is 0 Å². The van der Waals surface area contributed by atoms with E-state index in [-0.39, 0.29) is 0 Å². The minimum Gasteiger partial charge on any atom is -0.480 e. The zero-order chi connectivity index (χ0) is 15.1. The number of carboxylic acids is 2. The Bertz CT molecular complexity index is 348. The number of hydrogen-bond acceptors (Lipinski definition) is 3. The van der Waals surface area contributed by atoms with E-state index in [4.69, 9.17) is 10.2 Å². The molecule has 0 aliphatic carbocycles. The fourth-order valence-electron chi connectivity index (χ4n) is 2.54. The molecular formula is C13H22N2O5. The summed E-state index contributed by atoms with van der Waals surface area (Å²) in [4.78, 5) is 36.0. The number of carboxylic acid groups (broad SMARTS) is 2. The summed E-state index contributed by atoms with van der Waals surface area (Å²) in [5.41, 5.74) is 0. The summed E-state index contributed by atoms with van der Waals surface area (Å²) in [6.07, 6.45) is 4.04. The van der Waals surface area contributed by atoms with Gasteiger partial charge in [0.15, 0.2) is 0 Å². The molecule has 0 aromatic rings. The molecule has 7 nitrogen and oxygen atoms in total. The molecule has 1 aliphatic rings. The molecule has 0 atom stereocenters. The molecule has 114 valence electrons. The summed E-state index contributed by atoms with van der Waals surface area (Å²) in [6, 6.07) is -0.496. The predicted octanol–water partition coefficient (Wildman–Crippen LogP) is 1.09. The number of likely N-dealkylation sites (tertiary alicyclic amines) is 1. The Morgan fingerprint density at radius 2 is 1.60 bits per heavy atom. The van der Waals surface area contributed by atoms with Gasteiger partial charge in [-0.05, 0) is 18.8 Å². The van der Waals surface area contributed by atoms with Crippen LogP contribution in [0.15, 0.2) is 0 Å². The standard InChI is InChI=1S/C13H22N2O5/c1-2-3-10-4-6-14(7-5-10)13(20)15(8-11(16)17)9-12(18)19/h10H,2-9H2,1H3,(H,16,17)(H,18,19). The van der Waals surface area contributed by atoms with E-state index in [1.54, 1.807) is 4.90 Å². The maximum absolute atomic E-state index is 12.2. The van der Waals surface area contributed by atoms with Crippen LogP contribution in [0.25, 0.3) is 0 Å². The first-order valence-corrected chi connectivity index (χ1v) is 6.91. The summed E-state index contributed by atoms with van der Waals surface area (Å²) in [5, 5.41) is 17.5. The van der Waals surface area contributed by atoms with E-state index in [2.05, 4.69) is 6.92 Å². The number of carbonyl (C=O) groups is 3. The summed E-state index contributed by atoms with van der Waals surface area (Å²) in [6.45, 7) is 2.09. The zero-order valence-electron chi connectivity index (χ0n) is 11.7. The number of carbonyl (C=O) groups excluding carboxylic acids is 1. The van der Waals surface area contributed by atoms with Crippen LogP contribution in [0.1, 0.15) is 32.6 Å². The highest BCUT2D eigenvalue weighted by Gasteiger charge is 2.28. The van der Waals surface area contributed by atoms with Crippen molar-refractivity contribution >= 4 is 18.0 Å². The van der Waals surface area contributed by atoms with Crippen LogP contribution >= 0.6 is 0 Å². The summed E-state index contributed by atoms with van der Waals surface area (Å²) < 4.78 is 0. The molecule has 0 radical (unpaired) electrons. The van der Waals surface area contributed by atoms with Gasteiger partial charge in [-0.1, -0.05) is 19.8 Å². The van der Waals surface area contributed by atoms with E-state index in [0.717, 1.165) is 30.6 Å². The van der Waals surface area contributed by atoms with Crippen molar-refractivity contribution in [1.29, 1.82) is 0 Å². The lowest BCUT2D eigenvalue weighted by Gasteiger charge is -2.34. The second-order valence-electron chi connectivity index (χ2n) is 5.15. The number of urea groups is 1. The van der Waals surface area contributed by atoms with Gasteiger partial charge in [-0.3, -0.25) is 9.59 Å². The highest BCUT2D eigenvalue weighted by Crippen LogP contribution is 2.22. The smallest absolute Gasteiger partial charge is 0.323 e. The fourth-order valence-corrected chi connectivity index (χ4v) is 2.54. The molecule has 2 amide bonds. The normalized spacial score (nSPS) is 15.9. The van der Waals surface area contributed by atoms with E-state index in [0.29, 0.717) is 19.0 Å². The van der Waals surface area contributed by atoms with E-state index in [1.165, 1.54) is 0 Å². The minimum absolute atomic E-state index is 0.496. The predicted molar refractivity (Wildman–Crippen MR) is 71.4 cm³/mol. The van der Waals surface area contributed by atoms with Gasteiger partial charge in [0, 0.05) is 13.1 Å². The quantitative estimate of drug-likeness (QED) is 0.761. The molecule has 0 aromatic heterocycles. The van der Waals surface area contributed by atoms with Gasteiger partial charge in [0.2, 0.25) is 0 Å². The van der Waals surface area contributed by atoms with Crippen LogP contribution in [0.4, 0.5) is 4.79 Å². The van der Waals surface area contributed by atoms with Crippen molar-refractivity contribution in [2.45, 2.75) is 32.6 Å². The Balaban J connectivity index is 2.57. The Kier molecular flexibility index (Phi) is 6.27. The molecule has 1 fully saturated rings. The Morgan fingerprint density at radius 1 is 1.10 bits per heavy atom. The lowest BCUT2D eigenvalue weighted by Crippen LogP contribution is -2.49. The molecule has 0 aromatic carbocycles. The van der Waals surface area contributed by atoms with E-state index >= 15 is 0 Å². The number of nitrogens with zero attached hydrogens (tertiary/aromatic N) is 2. The van der Waals surface area contributed by atoms with Crippen molar-refractivity contribution in [2.75, 3.05) is 26.2 Å². The van der Waals surface area contributed by atoms with Gasteiger partial charge in [0.05, 0.1) is 0 Å². The first-order chi connectivity index (χ1) is 9.43. The molecule has 0 saturated carbocycles. The molecule has 1 heterocycles. The van der Waals surface area contributed by atoms with Crippen LogP contribution in [-0.2, 0) is 9.59 Å². The SMILES string of the molecule is CCCC1CCN(C(=O)N(CC(=O)O)CC(=O)O)CC1. The molecule has 1 saturated heterocycles. The maximum atomic E-state index is 12.2. The van der Waals surface area contributed by atoms with E-state index < -0.39 is 31.1 Å². The van der Waals surface area contributed by atoms with Crippen molar-refractivity contribution in [3.63, 3.8) is 0 Å². The maximum Gasteiger partial charge on any atom is 0.323 e. The number of piperidine rings is 1. The van der Waals surface area contributed by atoms with Crippen LogP contribution in [0.3, 0.4) is 0 Å². The number of rotatable bonds is 6. The molecule has 2 N–H and O–H groups in total. The topological polar surface area (TPSA) is 98.2 Å². The third-order valence-electron chi connectivity index (χ3n) is 3.50. The first kappa shape index (κ1) is 16.3. The number of hydrogen-bond donors (Lipinski definition) is 2. The van der Waals surface area contributed by atoms with Gasteiger partial charge in [-0.15, -0.1) is 0 Å². The molecule has 0 spiro atoms. The minimum atomic E-state index is -1.21. The average Bonchev–Trinajstić information content (AvgIpc) is 2.37. The van der Waals surface area contributed by atoms with Crippen LogP contribution in [-0.4, -0.2) is 64.2 Å². The molecular weight excluding hydrogens is 264 g/mol. The Labute approximate surface area is 118 Å². The van der Waals surface area contributed by atoms with Crippen LogP contribution in [0.5, 0.6) is 0 Å². The lowest BCUT2D eigenvalue weighted by atomic mass is 9.93. The molecule has 0 unspecified atom stereocenters. The van der Waals surface area contributed by atoms with Crippen molar-refractivity contribution in [3.8, 4) is 0 Å². The van der Waals surface area contributed by atoms with Crippen molar-refractivity contribution in [1.82, 2.24) is 9.80 Å². The summed E-state index contributed by atoms with van der Waals surface area (Å²) >= 11 is 0. The van der Waals surface area contributed by atoms with Gasteiger partial charge < -0.3 is 20.0 Å². The van der Waals surface area contributed by atoms with Gasteiger partial charge >= 0.3 is 18.0 Å². The molecule has 1 aliphatic heterocycles. The Morgan fingerprint density at radius 3 is 2.00 bits per heavy atom. The second kappa shape index (κ2) is 7.72. The van der Waals surface area contributed by atoms with Crippen LogP contribution in [0, 0.1) is 5.92 Å². The van der Waals surface area contributed by atoms with E-state index in [1.807, 2.05) is 0 Å². The van der Waals surface area contributed by atoms with Crippen molar-refractivity contribution < 1.29 is 24.6 Å². The van der Waals surface area contributed by atoms with Gasteiger partial charge in [0.25, 0.3) is 0 Å². The highest BCUT2D eigenvalue weighted by molar-refractivity contribution is 5.84. The lowest BCUT2D eigenvalue weighted by molar-refractivity contribution is -0.140. The van der Waals surface area contributed by atoms with Crippen molar-refractivity contribution in [3.05, 3.63) is 0 Å². The Hall–Kier alpha value is -1.79. The van der Waals surface area contributed by atoms with Crippen LogP contribution in [0.2, 0.25) is 0 Å². The molecule has 20 heavy (non-hydrogen) atoms. The third kappa shape index (κ3) is 5.07. The van der Waals surface area contributed by atoms with Crippen molar-refractivity contribution in [2.24, 2.45) is 5.92 Å². The van der Waals surface area contributed by atoms with Gasteiger partial charge in [-0.25, -0.2) is 4.79 Å². The molecule has 7 heteroatoms. The second-order valence-corrected chi connectivity index (χ2v) is 5.15. The first-order valence-electron chi connectivity index (χ1n) is 6.91. The largest absolute Gasteiger partial charge is 0.480 e. The van der Waals surface area contributed by atoms with E-state index in [9.17, 15) is 14.4 Å². The number of aliphatic carboxylic acids is 2. The molecule has 1 rings (SSSR count). The highest BCUT2D eigenvalue weighted by atomic mass is 16.4. The van der Waals surface area contributed by atoms with Gasteiger partial charge in [0.1, 0.15) is 13.1 Å². The zero-order valence-corrected chi connectivity index (χ0v) is 11.7.